The van der Waals surface area contributed by atoms with Crippen LogP contribution in [0.5, 0.6) is 5.75 Å². The third-order valence-corrected chi connectivity index (χ3v) is 3.92. The summed E-state index contributed by atoms with van der Waals surface area (Å²) in [5.74, 6) is 0.674. The highest BCUT2D eigenvalue weighted by Gasteiger charge is 2.11. The summed E-state index contributed by atoms with van der Waals surface area (Å²) >= 11 is 11.2. The lowest BCUT2D eigenvalue weighted by Gasteiger charge is -2.10. The topological polar surface area (TPSA) is 53.1 Å². The number of ether oxygens (including phenoxy) is 1. The molecule has 0 spiro atoms. The molecule has 0 saturated heterocycles. The predicted molar refractivity (Wildman–Crippen MR) is 84.7 cm³/mol. The third-order valence-electron chi connectivity index (χ3n) is 3.15. The van der Waals surface area contributed by atoms with Crippen LogP contribution in [0.1, 0.15) is 22.5 Å². The van der Waals surface area contributed by atoms with Gasteiger partial charge in [-0.25, -0.2) is 0 Å². The van der Waals surface area contributed by atoms with Gasteiger partial charge in [0.15, 0.2) is 0 Å². The van der Waals surface area contributed by atoms with Crippen molar-refractivity contribution >= 4 is 28.8 Å². The first-order valence-electron chi connectivity index (χ1n) is 6.10. The molecule has 2 rings (SSSR count). The molecule has 2 N–H and O–H groups in total. The molecule has 0 amide bonds. The lowest BCUT2D eigenvalue weighted by molar-refractivity contribution is 0.414. The highest BCUT2D eigenvalue weighted by Crippen LogP contribution is 2.23. The van der Waals surface area contributed by atoms with Crippen LogP contribution in [0.15, 0.2) is 18.2 Å². The number of nitrogens with zero attached hydrogens (tertiary/aromatic N) is 2. The molecule has 0 saturated carbocycles. The number of thiocarbonyl (C=S) groups is 1. The minimum absolute atomic E-state index is 0.315. The van der Waals surface area contributed by atoms with E-state index in [4.69, 9.17) is 34.3 Å². The maximum Gasteiger partial charge on any atom is 0.129 e. The van der Waals surface area contributed by atoms with Gasteiger partial charge in [0.1, 0.15) is 10.7 Å². The summed E-state index contributed by atoms with van der Waals surface area (Å²) in [6, 6.07) is 5.74. The van der Waals surface area contributed by atoms with Crippen molar-refractivity contribution < 1.29 is 4.74 Å². The second kappa shape index (κ2) is 5.81. The van der Waals surface area contributed by atoms with Gasteiger partial charge in [-0.2, -0.15) is 5.10 Å². The summed E-state index contributed by atoms with van der Waals surface area (Å²) in [6.07, 6.45) is 0. The fourth-order valence-corrected chi connectivity index (χ4v) is 2.34. The Hall–Kier alpha value is -1.59. The van der Waals surface area contributed by atoms with E-state index >= 15 is 0 Å². The summed E-state index contributed by atoms with van der Waals surface area (Å²) in [7, 11) is 1.59. The van der Waals surface area contributed by atoms with Gasteiger partial charge in [0.2, 0.25) is 0 Å². The number of nitrogens with two attached hydrogens (primary N) is 1. The van der Waals surface area contributed by atoms with Gasteiger partial charge in [-0.3, -0.25) is 4.68 Å². The first-order valence-corrected chi connectivity index (χ1v) is 6.89. The minimum atomic E-state index is 0.315. The number of rotatable bonds is 4. The van der Waals surface area contributed by atoms with E-state index in [2.05, 4.69) is 5.10 Å². The second-order valence-electron chi connectivity index (χ2n) is 4.54. The zero-order chi connectivity index (χ0) is 14.9. The normalized spacial score (nSPS) is 10.6. The van der Waals surface area contributed by atoms with Gasteiger partial charge in [-0.1, -0.05) is 29.9 Å². The van der Waals surface area contributed by atoms with Gasteiger partial charge in [0.05, 0.1) is 35.6 Å². The van der Waals surface area contributed by atoms with Crippen LogP contribution in [0.25, 0.3) is 0 Å². The first-order chi connectivity index (χ1) is 9.43. The maximum atomic E-state index is 6.15. The van der Waals surface area contributed by atoms with Crippen LogP contribution < -0.4 is 10.5 Å². The summed E-state index contributed by atoms with van der Waals surface area (Å²) < 4.78 is 7.11. The van der Waals surface area contributed by atoms with Crippen LogP contribution in [0.2, 0.25) is 5.02 Å². The van der Waals surface area contributed by atoms with Crippen LogP contribution in [-0.2, 0) is 6.54 Å². The molecule has 0 aliphatic rings. The number of halogens is 1. The molecule has 0 aliphatic heterocycles. The molecule has 1 heterocycles. The molecule has 0 bridgehead atoms. The van der Waals surface area contributed by atoms with Crippen molar-refractivity contribution in [3.63, 3.8) is 0 Å². The summed E-state index contributed by atoms with van der Waals surface area (Å²) in [6.45, 7) is 4.44. The largest absolute Gasteiger partial charge is 0.496 e. The van der Waals surface area contributed by atoms with Crippen molar-refractivity contribution in [1.82, 2.24) is 9.78 Å². The number of methoxy groups -OCH3 is 1. The van der Waals surface area contributed by atoms with E-state index < -0.39 is 0 Å². The molecule has 2 aromatic rings. The van der Waals surface area contributed by atoms with E-state index in [-0.39, 0.29) is 0 Å². The SMILES string of the molecule is COc1ccc(Cn2nc(C)c(Cl)c2C)cc1C(N)=S. The molecule has 4 nitrogen and oxygen atoms in total. The van der Waals surface area contributed by atoms with Crippen molar-refractivity contribution in [1.29, 1.82) is 0 Å². The number of hydrogen-bond donors (Lipinski definition) is 1. The van der Waals surface area contributed by atoms with Gasteiger partial charge in [0, 0.05) is 0 Å². The Balaban J connectivity index is 2.36. The number of aromatic nitrogens is 2. The van der Waals surface area contributed by atoms with E-state index in [1.54, 1.807) is 7.11 Å². The molecular weight excluding hydrogens is 294 g/mol. The van der Waals surface area contributed by atoms with E-state index in [9.17, 15) is 0 Å². The van der Waals surface area contributed by atoms with Gasteiger partial charge in [-0.05, 0) is 31.5 Å². The summed E-state index contributed by atoms with van der Waals surface area (Å²) in [4.78, 5) is 0.315. The van der Waals surface area contributed by atoms with Crippen molar-refractivity contribution in [2.45, 2.75) is 20.4 Å². The zero-order valence-corrected chi connectivity index (χ0v) is 13.2. The Bertz CT molecular complexity index is 667. The molecule has 0 aliphatic carbocycles. The number of aryl methyl sites for hydroxylation is 1. The quantitative estimate of drug-likeness (QED) is 0.882. The zero-order valence-electron chi connectivity index (χ0n) is 11.6. The summed E-state index contributed by atoms with van der Waals surface area (Å²) in [5, 5.41) is 5.11. The van der Waals surface area contributed by atoms with E-state index in [1.165, 1.54) is 0 Å². The lowest BCUT2D eigenvalue weighted by Crippen LogP contribution is -2.12. The van der Waals surface area contributed by atoms with Crippen LogP contribution in [0.4, 0.5) is 0 Å². The Morgan fingerprint density at radius 2 is 2.15 bits per heavy atom. The smallest absolute Gasteiger partial charge is 0.129 e. The number of hydrogen-bond acceptors (Lipinski definition) is 3. The fraction of sp³-hybridized carbons (Fsp3) is 0.286. The Morgan fingerprint density at radius 3 is 2.65 bits per heavy atom. The van der Waals surface area contributed by atoms with Gasteiger partial charge in [-0.15, -0.1) is 0 Å². The Morgan fingerprint density at radius 1 is 1.45 bits per heavy atom. The number of benzene rings is 1. The Kier molecular flexibility index (Phi) is 4.30. The monoisotopic (exact) mass is 309 g/mol. The molecule has 0 unspecified atom stereocenters. The standard InChI is InChI=1S/C14H16ClN3OS/c1-8-13(15)9(2)18(17-8)7-10-4-5-12(19-3)11(6-10)14(16)20/h4-6H,7H2,1-3H3,(H2,16,20). The molecule has 6 heteroatoms. The van der Waals surface area contributed by atoms with Crippen molar-refractivity contribution in [3.8, 4) is 5.75 Å². The lowest BCUT2D eigenvalue weighted by atomic mass is 10.1. The van der Waals surface area contributed by atoms with Crippen molar-refractivity contribution in [3.05, 3.63) is 45.7 Å². The maximum absolute atomic E-state index is 6.15. The molecule has 20 heavy (non-hydrogen) atoms. The first kappa shape index (κ1) is 14.8. The third kappa shape index (κ3) is 2.78. The highest BCUT2D eigenvalue weighted by atomic mass is 35.5. The molecule has 0 atom stereocenters. The van der Waals surface area contributed by atoms with Crippen LogP contribution in [0.3, 0.4) is 0 Å². The van der Waals surface area contributed by atoms with Gasteiger partial charge >= 0.3 is 0 Å². The highest BCUT2D eigenvalue weighted by molar-refractivity contribution is 7.80. The molecule has 1 aromatic carbocycles. The van der Waals surface area contributed by atoms with Crippen LogP contribution in [-0.4, -0.2) is 21.9 Å². The minimum Gasteiger partial charge on any atom is -0.496 e. The second-order valence-corrected chi connectivity index (χ2v) is 5.36. The van der Waals surface area contributed by atoms with E-state index in [0.717, 1.165) is 22.5 Å². The predicted octanol–water partition coefficient (Wildman–Crippen LogP) is 2.84. The molecule has 106 valence electrons. The average molecular weight is 310 g/mol. The summed E-state index contributed by atoms with van der Waals surface area (Å²) in [5.41, 5.74) is 9.25. The van der Waals surface area contributed by atoms with Crippen molar-refractivity contribution in [2.24, 2.45) is 5.73 Å². The molecule has 0 radical (unpaired) electrons. The van der Waals surface area contributed by atoms with Crippen LogP contribution in [0, 0.1) is 13.8 Å². The fourth-order valence-electron chi connectivity index (χ4n) is 2.05. The average Bonchev–Trinajstić information content (AvgIpc) is 2.66. The van der Waals surface area contributed by atoms with Crippen LogP contribution >= 0.6 is 23.8 Å². The van der Waals surface area contributed by atoms with E-state index in [1.807, 2.05) is 36.7 Å². The van der Waals surface area contributed by atoms with Gasteiger partial charge < -0.3 is 10.5 Å². The van der Waals surface area contributed by atoms with E-state index in [0.29, 0.717) is 22.3 Å². The van der Waals surface area contributed by atoms with Gasteiger partial charge in [0.25, 0.3) is 0 Å². The molecule has 0 fully saturated rings. The van der Waals surface area contributed by atoms with Crippen molar-refractivity contribution in [2.75, 3.05) is 7.11 Å². The Labute approximate surface area is 128 Å². The molecule has 1 aromatic heterocycles. The molecular formula is C14H16ClN3OS.